The Kier molecular flexibility index (Phi) is 5.71. The van der Waals surface area contributed by atoms with Gasteiger partial charge in [-0.05, 0) is 23.9 Å². The number of hydrogen-bond donors (Lipinski definition) is 2. The number of hydrogen-bond acceptors (Lipinski definition) is 4. The minimum Gasteiger partial charge on any atom is -0.396 e. The molecule has 2 heterocycles. The molecule has 0 unspecified atom stereocenters. The summed E-state index contributed by atoms with van der Waals surface area (Å²) in [5, 5.41) is 14.1. The van der Waals surface area contributed by atoms with E-state index in [2.05, 4.69) is 5.32 Å². The maximum atomic E-state index is 11.8. The SMILES string of the molecule is O=C(Cn1ccccc1=O)NC[C@H](CO)Cc1cccs1. The Hall–Kier alpha value is -1.92. The van der Waals surface area contributed by atoms with Gasteiger partial charge in [-0.2, -0.15) is 0 Å². The van der Waals surface area contributed by atoms with Crippen LogP contribution in [0, 0.1) is 5.92 Å². The molecule has 21 heavy (non-hydrogen) atoms. The molecule has 0 aliphatic heterocycles. The minimum atomic E-state index is -0.229. The van der Waals surface area contributed by atoms with Crippen molar-refractivity contribution in [2.45, 2.75) is 13.0 Å². The van der Waals surface area contributed by atoms with E-state index in [1.165, 1.54) is 15.5 Å². The third-order valence-electron chi connectivity index (χ3n) is 3.13. The number of aliphatic hydroxyl groups is 1. The summed E-state index contributed by atoms with van der Waals surface area (Å²) in [4.78, 5) is 24.5. The maximum Gasteiger partial charge on any atom is 0.250 e. The Morgan fingerprint density at radius 1 is 1.33 bits per heavy atom. The quantitative estimate of drug-likeness (QED) is 0.797. The van der Waals surface area contributed by atoms with Crippen molar-refractivity contribution in [3.8, 4) is 0 Å². The lowest BCUT2D eigenvalue weighted by Crippen LogP contribution is -2.36. The van der Waals surface area contributed by atoms with Crippen LogP contribution in [0.1, 0.15) is 4.88 Å². The van der Waals surface area contributed by atoms with Crippen LogP contribution in [0.2, 0.25) is 0 Å². The van der Waals surface area contributed by atoms with E-state index in [1.807, 2.05) is 17.5 Å². The molecule has 0 aromatic carbocycles. The van der Waals surface area contributed by atoms with Gasteiger partial charge in [-0.25, -0.2) is 0 Å². The Bertz CT molecular complexity index is 622. The fraction of sp³-hybridized carbons (Fsp3) is 0.333. The Balaban J connectivity index is 1.82. The molecule has 0 bridgehead atoms. The van der Waals surface area contributed by atoms with Gasteiger partial charge in [0.05, 0.1) is 0 Å². The van der Waals surface area contributed by atoms with Gasteiger partial charge in [-0.1, -0.05) is 12.1 Å². The van der Waals surface area contributed by atoms with E-state index in [-0.39, 0.29) is 30.5 Å². The number of thiophene rings is 1. The molecule has 1 atom stereocenters. The molecule has 2 rings (SSSR count). The van der Waals surface area contributed by atoms with Gasteiger partial charge in [0.15, 0.2) is 0 Å². The van der Waals surface area contributed by atoms with E-state index >= 15 is 0 Å². The van der Waals surface area contributed by atoms with Crippen LogP contribution in [-0.2, 0) is 17.8 Å². The summed E-state index contributed by atoms with van der Waals surface area (Å²) >= 11 is 1.64. The van der Waals surface area contributed by atoms with Crippen LogP contribution in [0.5, 0.6) is 0 Å². The fourth-order valence-corrected chi connectivity index (χ4v) is 2.80. The molecule has 6 heteroatoms. The smallest absolute Gasteiger partial charge is 0.250 e. The maximum absolute atomic E-state index is 11.8. The van der Waals surface area contributed by atoms with Gasteiger partial charge in [0, 0.05) is 36.2 Å². The van der Waals surface area contributed by atoms with Crippen LogP contribution in [0.4, 0.5) is 0 Å². The first-order chi connectivity index (χ1) is 10.2. The number of carbonyl (C=O) groups excluding carboxylic acids is 1. The zero-order valence-corrected chi connectivity index (χ0v) is 12.4. The van der Waals surface area contributed by atoms with Crippen LogP contribution in [0.15, 0.2) is 46.7 Å². The van der Waals surface area contributed by atoms with E-state index in [9.17, 15) is 14.7 Å². The van der Waals surface area contributed by atoms with Gasteiger partial charge in [0.1, 0.15) is 6.54 Å². The van der Waals surface area contributed by atoms with Crippen molar-refractivity contribution in [3.63, 3.8) is 0 Å². The molecule has 0 saturated carbocycles. The monoisotopic (exact) mass is 306 g/mol. The standard InChI is InChI=1S/C15H18N2O3S/c18-11-12(8-13-4-3-7-21-13)9-16-14(19)10-17-6-2-1-5-15(17)20/h1-7,12,18H,8-11H2,(H,16,19)/t12-/m1/s1. The van der Waals surface area contributed by atoms with E-state index in [0.717, 1.165) is 6.42 Å². The van der Waals surface area contributed by atoms with Crippen LogP contribution in [-0.4, -0.2) is 28.7 Å². The molecular formula is C15H18N2O3S. The number of nitrogens with zero attached hydrogens (tertiary/aromatic N) is 1. The molecule has 0 saturated heterocycles. The van der Waals surface area contributed by atoms with Crippen molar-refractivity contribution >= 4 is 17.2 Å². The first kappa shape index (κ1) is 15.5. The van der Waals surface area contributed by atoms with E-state index in [0.29, 0.717) is 6.54 Å². The summed E-state index contributed by atoms with van der Waals surface area (Å²) < 4.78 is 1.35. The number of rotatable bonds is 7. The Morgan fingerprint density at radius 2 is 2.19 bits per heavy atom. The molecule has 5 nitrogen and oxygen atoms in total. The van der Waals surface area contributed by atoms with Crippen molar-refractivity contribution in [1.29, 1.82) is 0 Å². The molecule has 2 N–H and O–H groups in total. The lowest BCUT2D eigenvalue weighted by molar-refractivity contribution is -0.121. The summed E-state index contributed by atoms with van der Waals surface area (Å²) in [6, 6.07) is 8.75. The summed E-state index contributed by atoms with van der Waals surface area (Å²) in [6.07, 6.45) is 2.32. The molecule has 0 aliphatic rings. The average molecular weight is 306 g/mol. The van der Waals surface area contributed by atoms with Crippen LogP contribution in [0.25, 0.3) is 0 Å². The molecular weight excluding hydrogens is 288 g/mol. The van der Waals surface area contributed by atoms with Crippen LogP contribution >= 0.6 is 11.3 Å². The highest BCUT2D eigenvalue weighted by atomic mass is 32.1. The summed E-state index contributed by atoms with van der Waals surface area (Å²) in [5.41, 5.74) is -0.204. The summed E-state index contributed by atoms with van der Waals surface area (Å²) in [7, 11) is 0. The van der Waals surface area contributed by atoms with Gasteiger partial charge in [-0.3, -0.25) is 9.59 Å². The minimum absolute atomic E-state index is 0.00315. The van der Waals surface area contributed by atoms with Gasteiger partial charge in [0.2, 0.25) is 5.91 Å². The predicted molar refractivity (Wildman–Crippen MR) is 82.3 cm³/mol. The third-order valence-corrected chi connectivity index (χ3v) is 4.03. The molecule has 112 valence electrons. The second-order valence-electron chi connectivity index (χ2n) is 4.80. The molecule has 1 amide bonds. The van der Waals surface area contributed by atoms with E-state index in [1.54, 1.807) is 29.7 Å². The number of carbonyl (C=O) groups is 1. The number of pyridine rings is 1. The van der Waals surface area contributed by atoms with Crippen LogP contribution in [0.3, 0.4) is 0 Å². The van der Waals surface area contributed by atoms with Crippen molar-refractivity contribution < 1.29 is 9.90 Å². The molecule has 0 fully saturated rings. The fourth-order valence-electron chi connectivity index (χ4n) is 1.97. The van der Waals surface area contributed by atoms with Gasteiger partial charge in [0.25, 0.3) is 5.56 Å². The molecule has 2 aromatic rings. The second kappa shape index (κ2) is 7.75. The second-order valence-corrected chi connectivity index (χ2v) is 5.84. The summed E-state index contributed by atoms with van der Waals surface area (Å²) in [5.74, 6) is -0.243. The number of aromatic nitrogens is 1. The van der Waals surface area contributed by atoms with Gasteiger partial charge in [-0.15, -0.1) is 11.3 Å². The van der Waals surface area contributed by atoms with Crippen molar-refractivity contribution in [1.82, 2.24) is 9.88 Å². The van der Waals surface area contributed by atoms with Gasteiger partial charge < -0.3 is 15.0 Å². The third kappa shape index (κ3) is 4.84. The van der Waals surface area contributed by atoms with Crippen LogP contribution < -0.4 is 10.9 Å². The highest BCUT2D eigenvalue weighted by Crippen LogP contribution is 2.13. The molecule has 0 aliphatic carbocycles. The number of amides is 1. The first-order valence-electron chi connectivity index (χ1n) is 6.74. The molecule has 0 radical (unpaired) electrons. The lowest BCUT2D eigenvalue weighted by Gasteiger charge is -2.14. The van der Waals surface area contributed by atoms with Crippen molar-refractivity contribution in [2.24, 2.45) is 5.92 Å². The zero-order valence-electron chi connectivity index (χ0n) is 11.6. The zero-order chi connectivity index (χ0) is 15.1. The topological polar surface area (TPSA) is 71.3 Å². The van der Waals surface area contributed by atoms with Crippen molar-refractivity contribution in [2.75, 3.05) is 13.2 Å². The summed E-state index contributed by atoms with van der Waals surface area (Å²) in [6.45, 7) is 0.412. The predicted octanol–water partition coefficient (Wildman–Crippen LogP) is 0.877. The lowest BCUT2D eigenvalue weighted by atomic mass is 10.1. The van der Waals surface area contributed by atoms with Gasteiger partial charge >= 0.3 is 0 Å². The Labute approximate surface area is 126 Å². The highest BCUT2D eigenvalue weighted by molar-refractivity contribution is 7.09. The van der Waals surface area contributed by atoms with E-state index < -0.39 is 0 Å². The highest BCUT2D eigenvalue weighted by Gasteiger charge is 2.11. The number of nitrogens with one attached hydrogen (secondary N) is 1. The van der Waals surface area contributed by atoms with E-state index in [4.69, 9.17) is 0 Å². The molecule has 0 spiro atoms. The first-order valence-corrected chi connectivity index (χ1v) is 7.62. The molecule has 2 aromatic heterocycles. The van der Waals surface area contributed by atoms with Crippen molar-refractivity contribution in [3.05, 3.63) is 57.1 Å². The largest absolute Gasteiger partial charge is 0.396 e. The number of aliphatic hydroxyl groups excluding tert-OH is 1. The Morgan fingerprint density at radius 3 is 2.86 bits per heavy atom. The average Bonchev–Trinajstić information content (AvgIpc) is 2.99. The normalized spacial score (nSPS) is 12.0.